The van der Waals surface area contributed by atoms with Gasteiger partial charge in [0.2, 0.25) is 0 Å². The summed E-state index contributed by atoms with van der Waals surface area (Å²) < 4.78 is 4.91. The summed E-state index contributed by atoms with van der Waals surface area (Å²) in [5.74, 6) is -0.114. The average molecular weight is 186 g/mol. The third kappa shape index (κ3) is 1.51. The molecule has 68 valence electrons. The molecular formula is C9H14O2S. The van der Waals surface area contributed by atoms with Crippen LogP contribution in [0.2, 0.25) is 0 Å². The van der Waals surface area contributed by atoms with Crippen LogP contribution in [0.25, 0.3) is 0 Å². The van der Waals surface area contributed by atoms with Gasteiger partial charge in [0.15, 0.2) is 5.05 Å². The summed E-state index contributed by atoms with van der Waals surface area (Å²) in [6, 6.07) is 0. The van der Waals surface area contributed by atoms with E-state index < -0.39 is 0 Å². The van der Waals surface area contributed by atoms with Crippen LogP contribution in [0, 0.1) is 5.41 Å². The van der Waals surface area contributed by atoms with Crippen LogP contribution in [0.5, 0.6) is 0 Å². The van der Waals surface area contributed by atoms with E-state index in [1.54, 1.807) is 0 Å². The molecule has 0 bridgehead atoms. The fraction of sp³-hybridized carbons (Fsp3) is 0.778. The van der Waals surface area contributed by atoms with Gasteiger partial charge in [0, 0.05) is 6.42 Å². The Labute approximate surface area is 78.3 Å². The zero-order valence-corrected chi connectivity index (χ0v) is 8.37. The quantitative estimate of drug-likeness (QED) is 0.500. The Bertz CT molecular complexity index is 213. The highest BCUT2D eigenvalue weighted by Crippen LogP contribution is 2.39. The van der Waals surface area contributed by atoms with Crippen LogP contribution in [-0.4, -0.2) is 11.0 Å². The van der Waals surface area contributed by atoms with Gasteiger partial charge in [0.25, 0.3) is 0 Å². The Morgan fingerprint density at radius 2 is 2.25 bits per heavy atom. The van der Waals surface area contributed by atoms with E-state index in [1.165, 1.54) is 0 Å². The van der Waals surface area contributed by atoms with Gasteiger partial charge in [-0.3, -0.25) is 4.79 Å². The third-order valence-corrected chi connectivity index (χ3v) is 2.76. The Balaban J connectivity index is 2.78. The maximum atomic E-state index is 11.4. The Morgan fingerprint density at radius 3 is 2.58 bits per heavy atom. The number of carbonyl (C=O) groups is 1. The SMILES string of the molecule is CCCC1(CC)CC(=S)OC1=O. The van der Waals surface area contributed by atoms with Crippen molar-refractivity contribution in [1.82, 2.24) is 0 Å². The van der Waals surface area contributed by atoms with Gasteiger partial charge >= 0.3 is 5.97 Å². The molecule has 0 aromatic carbocycles. The summed E-state index contributed by atoms with van der Waals surface area (Å²) in [6.45, 7) is 4.09. The predicted molar refractivity (Wildman–Crippen MR) is 50.9 cm³/mol. The van der Waals surface area contributed by atoms with Crippen molar-refractivity contribution in [2.75, 3.05) is 0 Å². The molecular weight excluding hydrogens is 172 g/mol. The number of carbonyl (C=O) groups excluding carboxylic acids is 1. The van der Waals surface area contributed by atoms with E-state index >= 15 is 0 Å². The Morgan fingerprint density at radius 1 is 1.58 bits per heavy atom. The first kappa shape index (κ1) is 9.65. The zero-order chi connectivity index (χ0) is 9.19. The summed E-state index contributed by atoms with van der Waals surface area (Å²) in [4.78, 5) is 11.4. The lowest BCUT2D eigenvalue weighted by Crippen LogP contribution is -2.25. The van der Waals surface area contributed by atoms with E-state index in [0.717, 1.165) is 19.3 Å². The normalized spacial score (nSPS) is 29.2. The van der Waals surface area contributed by atoms with E-state index in [4.69, 9.17) is 17.0 Å². The third-order valence-electron chi connectivity index (χ3n) is 2.53. The van der Waals surface area contributed by atoms with Crippen LogP contribution < -0.4 is 0 Å². The highest BCUT2D eigenvalue weighted by atomic mass is 32.1. The van der Waals surface area contributed by atoms with Crippen molar-refractivity contribution in [3.8, 4) is 0 Å². The molecule has 1 rings (SSSR count). The molecule has 1 heterocycles. The van der Waals surface area contributed by atoms with Crippen molar-refractivity contribution in [3.63, 3.8) is 0 Å². The summed E-state index contributed by atoms with van der Waals surface area (Å²) >= 11 is 4.88. The summed E-state index contributed by atoms with van der Waals surface area (Å²) in [7, 11) is 0. The van der Waals surface area contributed by atoms with Gasteiger partial charge in [-0.25, -0.2) is 0 Å². The minimum Gasteiger partial charge on any atom is -0.419 e. The smallest absolute Gasteiger partial charge is 0.318 e. The van der Waals surface area contributed by atoms with Crippen molar-refractivity contribution in [1.29, 1.82) is 0 Å². The molecule has 0 N–H and O–H groups in total. The largest absolute Gasteiger partial charge is 0.419 e. The van der Waals surface area contributed by atoms with Crippen molar-refractivity contribution >= 4 is 23.2 Å². The van der Waals surface area contributed by atoms with Crippen molar-refractivity contribution in [3.05, 3.63) is 0 Å². The second kappa shape index (κ2) is 3.52. The molecule has 1 fully saturated rings. The second-order valence-electron chi connectivity index (χ2n) is 3.32. The van der Waals surface area contributed by atoms with E-state index in [1.807, 2.05) is 6.92 Å². The van der Waals surface area contributed by atoms with Crippen LogP contribution in [0.4, 0.5) is 0 Å². The standard InChI is InChI=1S/C9H14O2S/c1-3-5-9(4-2)6-7(12)11-8(9)10/h3-6H2,1-2H3. The molecule has 1 aliphatic rings. The summed E-state index contributed by atoms with van der Waals surface area (Å²) in [5.41, 5.74) is -0.286. The lowest BCUT2D eigenvalue weighted by Gasteiger charge is -2.20. The van der Waals surface area contributed by atoms with Gasteiger partial charge in [-0.05, 0) is 25.1 Å². The maximum Gasteiger partial charge on any atom is 0.318 e. The molecule has 0 aliphatic carbocycles. The first-order valence-corrected chi connectivity index (χ1v) is 4.80. The fourth-order valence-electron chi connectivity index (χ4n) is 1.71. The molecule has 12 heavy (non-hydrogen) atoms. The second-order valence-corrected chi connectivity index (χ2v) is 3.78. The maximum absolute atomic E-state index is 11.4. The predicted octanol–water partition coefficient (Wildman–Crippen LogP) is 2.46. The van der Waals surface area contributed by atoms with Crippen molar-refractivity contribution < 1.29 is 9.53 Å². The van der Waals surface area contributed by atoms with Crippen LogP contribution in [-0.2, 0) is 9.53 Å². The van der Waals surface area contributed by atoms with Crippen molar-refractivity contribution in [2.24, 2.45) is 5.41 Å². The van der Waals surface area contributed by atoms with Gasteiger partial charge in [-0.15, -0.1) is 0 Å². The molecule has 0 saturated carbocycles. The highest BCUT2D eigenvalue weighted by molar-refractivity contribution is 7.80. The lowest BCUT2D eigenvalue weighted by molar-refractivity contribution is -0.143. The average Bonchev–Trinajstić information content (AvgIpc) is 2.28. The van der Waals surface area contributed by atoms with Gasteiger partial charge in [0.1, 0.15) is 0 Å². The molecule has 1 unspecified atom stereocenters. The number of esters is 1. The van der Waals surface area contributed by atoms with Gasteiger partial charge in [0.05, 0.1) is 5.41 Å². The number of ether oxygens (including phenoxy) is 1. The number of rotatable bonds is 3. The number of cyclic esters (lactones) is 1. The fourth-order valence-corrected chi connectivity index (χ4v) is 2.06. The van der Waals surface area contributed by atoms with Crippen LogP contribution in [0.3, 0.4) is 0 Å². The highest BCUT2D eigenvalue weighted by Gasteiger charge is 2.44. The Kier molecular flexibility index (Phi) is 2.83. The summed E-state index contributed by atoms with van der Waals surface area (Å²) in [5, 5.41) is 0.468. The molecule has 0 spiro atoms. The van der Waals surface area contributed by atoms with Gasteiger partial charge < -0.3 is 4.74 Å². The molecule has 1 saturated heterocycles. The first-order valence-electron chi connectivity index (χ1n) is 4.39. The number of hydrogen-bond donors (Lipinski definition) is 0. The molecule has 1 aliphatic heterocycles. The van der Waals surface area contributed by atoms with E-state index in [2.05, 4.69) is 6.92 Å². The molecule has 1 atom stereocenters. The molecule has 3 heteroatoms. The van der Waals surface area contributed by atoms with E-state index in [0.29, 0.717) is 11.5 Å². The minimum absolute atomic E-state index is 0.114. The monoisotopic (exact) mass is 186 g/mol. The number of hydrogen-bond acceptors (Lipinski definition) is 3. The molecule has 0 amide bonds. The van der Waals surface area contributed by atoms with E-state index in [9.17, 15) is 4.79 Å². The zero-order valence-electron chi connectivity index (χ0n) is 7.55. The van der Waals surface area contributed by atoms with Gasteiger partial charge in [-0.1, -0.05) is 20.3 Å². The molecule has 0 aromatic rings. The molecule has 2 nitrogen and oxygen atoms in total. The number of thiocarbonyl (C=S) groups is 1. The molecule has 0 radical (unpaired) electrons. The summed E-state index contributed by atoms with van der Waals surface area (Å²) in [6.07, 6.45) is 3.37. The topological polar surface area (TPSA) is 26.3 Å². The van der Waals surface area contributed by atoms with E-state index in [-0.39, 0.29) is 11.4 Å². The first-order chi connectivity index (χ1) is 5.64. The van der Waals surface area contributed by atoms with Crippen molar-refractivity contribution in [2.45, 2.75) is 39.5 Å². The van der Waals surface area contributed by atoms with Crippen LogP contribution in [0.15, 0.2) is 0 Å². The Hall–Kier alpha value is -0.440. The van der Waals surface area contributed by atoms with Gasteiger partial charge in [-0.2, -0.15) is 0 Å². The van der Waals surface area contributed by atoms with Crippen LogP contribution >= 0.6 is 12.2 Å². The van der Waals surface area contributed by atoms with Crippen LogP contribution in [0.1, 0.15) is 39.5 Å². The molecule has 0 aromatic heterocycles. The lowest BCUT2D eigenvalue weighted by atomic mass is 9.80. The minimum atomic E-state index is -0.286.